The molecule has 19 heavy (non-hydrogen) atoms. The van der Waals surface area contributed by atoms with Gasteiger partial charge in [-0.25, -0.2) is 0 Å². The van der Waals surface area contributed by atoms with Crippen molar-refractivity contribution >= 4 is 5.91 Å². The molecule has 1 amide bonds. The average molecular weight is 264 g/mol. The van der Waals surface area contributed by atoms with Gasteiger partial charge in [-0.1, -0.05) is 31.5 Å². The number of benzene rings is 1. The molecule has 106 valence electrons. The molecule has 0 fully saturated rings. The number of hydrogen-bond donors (Lipinski definition) is 2. The molecule has 0 bridgehead atoms. The van der Waals surface area contributed by atoms with Crippen molar-refractivity contribution in [2.75, 3.05) is 13.2 Å². The molecule has 0 heterocycles. The minimum atomic E-state index is -0.387. The van der Waals surface area contributed by atoms with E-state index in [2.05, 4.69) is 5.32 Å². The molecule has 1 aromatic rings. The van der Waals surface area contributed by atoms with Crippen LogP contribution in [0.15, 0.2) is 24.3 Å². The van der Waals surface area contributed by atoms with Gasteiger partial charge in [0.05, 0.1) is 12.6 Å². The Labute approximate surface area is 115 Å². The summed E-state index contributed by atoms with van der Waals surface area (Å²) in [7, 11) is 0. The van der Waals surface area contributed by atoms with Gasteiger partial charge in [-0.2, -0.15) is 0 Å². The largest absolute Gasteiger partial charge is 0.493 e. The fourth-order valence-electron chi connectivity index (χ4n) is 1.76. The standard InChI is InChI=1S/C15H24N2O2/c1-3-7-13(16)15(18)17-10-6-11-19-14-9-5-4-8-12(14)2/h4-5,8-9,13H,3,6-7,10-11,16H2,1-2H3,(H,17,18). The Morgan fingerprint density at radius 2 is 2.16 bits per heavy atom. The van der Waals surface area contributed by atoms with Crippen LogP contribution in [0.2, 0.25) is 0 Å². The average Bonchev–Trinajstić information content (AvgIpc) is 2.40. The molecule has 3 N–H and O–H groups in total. The molecule has 0 saturated carbocycles. The van der Waals surface area contributed by atoms with E-state index >= 15 is 0 Å². The van der Waals surface area contributed by atoms with Crippen LogP contribution in [-0.4, -0.2) is 25.1 Å². The fourth-order valence-corrected chi connectivity index (χ4v) is 1.76. The van der Waals surface area contributed by atoms with Gasteiger partial charge < -0.3 is 15.8 Å². The van der Waals surface area contributed by atoms with Gasteiger partial charge >= 0.3 is 0 Å². The Morgan fingerprint density at radius 3 is 2.84 bits per heavy atom. The van der Waals surface area contributed by atoms with E-state index in [-0.39, 0.29) is 11.9 Å². The minimum Gasteiger partial charge on any atom is -0.493 e. The lowest BCUT2D eigenvalue weighted by Crippen LogP contribution is -2.41. The minimum absolute atomic E-state index is 0.0715. The van der Waals surface area contributed by atoms with E-state index in [1.165, 1.54) is 0 Å². The number of para-hydroxylation sites is 1. The molecule has 0 saturated heterocycles. The molecule has 0 aromatic heterocycles. The third kappa shape index (κ3) is 5.75. The molecule has 1 unspecified atom stereocenters. The van der Waals surface area contributed by atoms with Gasteiger partial charge in [-0.3, -0.25) is 4.79 Å². The first-order valence-corrected chi connectivity index (χ1v) is 6.87. The monoisotopic (exact) mass is 264 g/mol. The molecule has 4 nitrogen and oxygen atoms in total. The van der Waals surface area contributed by atoms with Crippen molar-refractivity contribution in [2.24, 2.45) is 5.73 Å². The summed E-state index contributed by atoms with van der Waals surface area (Å²) < 4.78 is 5.64. The second-order valence-electron chi connectivity index (χ2n) is 4.65. The van der Waals surface area contributed by atoms with Gasteiger partial charge in [0.1, 0.15) is 5.75 Å². The predicted octanol–water partition coefficient (Wildman–Crippen LogP) is 2.01. The molecule has 1 atom stereocenters. The maximum atomic E-state index is 11.5. The quantitative estimate of drug-likeness (QED) is 0.706. The van der Waals surface area contributed by atoms with Crippen LogP contribution >= 0.6 is 0 Å². The molecule has 0 spiro atoms. The second-order valence-corrected chi connectivity index (χ2v) is 4.65. The van der Waals surface area contributed by atoms with Gasteiger partial charge in [-0.05, 0) is 31.4 Å². The summed E-state index contributed by atoms with van der Waals surface area (Å²) in [5, 5.41) is 2.82. The molecular weight excluding hydrogens is 240 g/mol. The Bertz CT molecular complexity index is 393. The highest BCUT2D eigenvalue weighted by atomic mass is 16.5. The van der Waals surface area contributed by atoms with Crippen molar-refractivity contribution in [3.63, 3.8) is 0 Å². The number of aryl methyl sites for hydroxylation is 1. The third-order valence-corrected chi connectivity index (χ3v) is 2.91. The van der Waals surface area contributed by atoms with Gasteiger partial charge in [0.25, 0.3) is 0 Å². The number of hydrogen-bond acceptors (Lipinski definition) is 3. The maximum absolute atomic E-state index is 11.5. The van der Waals surface area contributed by atoms with E-state index < -0.39 is 0 Å². The lowest BCUT2D eigenvalue weighted by molar-refractivity contribution is -0.122. The van der Waals surface area contributed by atoms with E-state index in [1.54, 1.807) is 0 Å². The zero-order valence-corrected chi connectivity index (χ0v) is 11.8. The highest BCUT2D eigenvalue weighted by Crippen LogP contribution is 2.15. The van der Waals surface area contributed by atoms with Gasteiger partial charge in [0.15, 0.2) is 0 Å². The van der Waals surface area contributed by atoms with Crippen molar-refractivity contribution in [1.29, 1.82) is 0 Å². The van der Waals surface area contributed by atoms with E-state index in [4.69, 9.17) is 10.5 Å². The fraction of sp³-hybridized carbons (Fsp3) is 0.533. The molecule has 1 rings (SSSR count). The van der Waals surface area contributed by atoms with Crippen molar-refractivity contribution in [3.05, 3.63) is 29.8 Å². The number of nitrogens with two attached hydrogens (primary N) is 1. The summed E-state index contributed by atoms with van der Waals surface area (Å²) in [5.74, 6) is 0.828. The van der Waals surface area contributed by atoms with E-state index in [1.807, 2.05) is 38.1 Å². The summed E-state index contributed by atoms with van der Waals surface area (Å²) in [6, 6.07) is 7.51. The van der Waals surface area contributed by atoms with Crippen LogP contribution in [-0.2, 0) is 4.79 Å². The summed E-state index contributed by atoms with van der Waals surface area (Å²) >= 11 is 0. The Hall–Kier alpha value is -1.55. The van der Waals surface area contributed by atoms with Crippen LogP contribution in [0.1, 0.15) is 31.7 Å². The van der Waals surface area contributed by atoms with Gasteiger partial charge in [0, 0.05) is 6.54 Å². The first-order chi connectivity index (χ1) is 9.15. The summed E-state index contributed by atoms with van der Waals surface area (Å²) in [6.07, 6.45) is 2.43. The topological polar surface area (TPSA) is 64.4 Å². The van der Waals surface area contributed by atoms with Crippen molar-refractivity contribution in [2.45, 2.75) is 39.2 Å². The van der Waals surface area contributed by atoms with Crippen LogP contribution in [0.25, 0.3) is 0 Å². The van der Waals surface area contributed by atoms with E-state index in [0.29, 0.717) is 13.2 Å². The number of nitrogens with one attached hydrogen (secondary N) is 1. The molecule has 1 aromatic carbocycles. The van der Waals surface area contributed by atoms with Crippen LogP contribution in [0, 0.1) is 6.92 Å². The first-order valence-electron chi connectivity index (χ1n) is 6.87. The summed E-state index contributed by atoms with van der Waals surface area (Å²) in [5.41, 5.74) is 6.83. The van der Waals surface area contributed by atoms with Crippen LogP contribution in [0.3, 0.4) is 0 Å². The molecule has 4 heteroatoms. The zero-order chi connectivity index (χ0) is 14.1. The Balaban J connectivity index is 2.15. The number of amides is 1. The normalized spacial score (nSPS) is 11.9. The van der Waals surface area contributed by atoms with Gasteiger partial charge in [0.2, 0.25) is 5.91 Å². The van der Waals surface area contributed by atoms with Gasteiger partial charge in [-0.15, -0.1) is 0 Å². The van der Waals surface area contributed by atoms with Crippen molar-refractivity contribution < 1.29 is 9.53 Å². The number of carbonyl (C=O) groups is 1. The van der Waals surface area contributed by atoms with Crippen molar-refractivity contribution in [3.8, 4) is 5.75 Å². The highest BCUT2D eigenvalue weighted by molar-refractivity contribution is 5.81. The van der Waals surface area contributed by atoms with Crippen LogP contribution in [0.4, 0.5) is 0 Å². The third-order valence-electron chi connectivity index (χ3n) is 2.91. The van der Waals surface area contributed by atoms with E-state index in [9.17, 15) is 4.79 Å². The molecule has 0 aliphatic carbocycles. The number of carbonyl (C=O) groups excluding carboxylic acids is 1. The maximum Gasteiger partial charge on any atom is 0.236 e. The molecule has 0 radical (unpaired) electrons. The SMILES string of the molecule is CCCC(N)C(=O)NCCCOc1ccccc1C. The van der Waals surface area contributed by atoms with Crippen LogP contribution in [0.5, 0.6) is 5.75 Å². The van der Waals surface area contributed by atoms with Crippen molar-refractivity contribution in [1.82, 2.24) is 5.32 Å². The molecule has 0 aliphatic rings. The lowest BCUT2D eigenvalue weighted by atomic mass is 10.2. The first kappa shape index (κ1) is 15.5. The predicted molar refractivity (Wildman–Crippen MR) is 77.2 cm³/mol. The zero-order valence-electron chi connectivity index (χ0n) is 11.8. The summed E-state index contributed by atoms with van der Waals surface area (Å²) in [6.45, 7) is 5.22. The summed E-state index contributed by atoms with van der Waals surface area (Å²) in [4.78, 5) is 11.5. The number of ether oxygens (including phenoxy) is 1. The lowest BCUT2D eigenvalue weighted by Gasteiger charge is -2.12. The Kier molecular flexibility index (Phi) is 6.97. The second kappa shape index (κ2) is 8.53. The molecular formula is C15H24N2O2. The Morgan fingerprint density at radius 1 is 1.42 bits per heavy atom. The van der Waals surface area contributed by atoms with Crippen LogP contribution < -0.4 is 15.8 Å². The highest BCUT2D eigenvalue weighted by Gasteiger charge is 2.10. The number of rotatable bonds is 8. The van der Waals surface area contributed by atoms with E-state index in [0.717, 1.165) is 30.6 Å². The molecule has 0 aliphatic heterocycles. The smallest absolute Gasteiger partial charge is 0.236 e.